The average Bonchev–Trinajstić information content (AvgIpc) is 2.97. The fourth-order valence-corrected chi connectivity index (χ4v) is 2.16. The van der Waals surface area contributed by atoms with E-state index in [1.807, 2.05) is 24.3 Å². The van der Waals surface area contributed by atoms with Crippen molar-refractivity contribution in [3.8, 4) is 5.75 Å². The highest BCUT2D eigenvalue weighted by atomic mass is 16.5. The lowest BCUT2D eigenvalue weighted by atomic mass is 9.97. The van der Waals surface area contributed by atoms with Crippen molar-refractivity contribution in [3.63, 3.8) is 0 Å². The minimum atomic E-state index is -0.594. The zero-order valence-electron chi connectivity index (χ0n) is 11.0. The van der Waals surface area contributed by atoms with Gasteiger partial charge >= 0.3 is 11.9 Å². The first-order valence-corrected chi connectivity index (χ1v) is 6.49. The van der Waals surface area contributed by atoms with E-state index in [1.54, 1.807) is 6.92 Å². The smallest absolute Gasteiger partial charge is 0.396 e. The minimum Gasteiger partial charge on any atom is -0.492 e. The van der Waals surface area contributed by atoms with Crippen molar-refractivity contribution in [2.45, 2.75) is 19.3 Å². The number of nitrogens with zero attached hydrogens (tertiary/aromatic N) is 2. The van der Waals surface area contributed by atoms with Crippen LogP contribution in [0.2, 0.25) is 0 Å². The van der Waals surface area contributed by atoms with E-state index in [0.717, 1.165) is 17.7 Å². The van der Waals surface area contributed by atoms with Crippen LogP contribution in [0.4, 0.5) is 0 Å². The molecule has 2 heterocycles. The fourth-order valence-electron chi connectivity index (χ4n) is 2.16. The number of carbonyl (C=O) groups is 1. The van der Waals surface area contributed by atoms with Crippen LogP contribution in [0.3, 0.4) is 0 Å². The van der Waals surface area contributed by atoms with Crippen molar-refractivity contribution in [3.05, 3.63) is 41.6 Å². The number of aromatic nitrogens is 2. The van der Waals surface area contributed by atoms with Gasteiger partial charge in [0.05, 0.1) is 12.5 Å². The summed E-state index contributed by atoms with van der Waals surface area (Å²) in [7, 11) is 0. The Morgan fingerprint density at radius 2 is 2.25 bits per heavy atom. The molecule has 0 bridgehead atoms. The van der Waals surface area contributed by atoms with E-state index in [-0.39, 0.29) is 18.4 Å². The van der Waals surface area contributed by atoms with Crippen LogP contribution in [0, 0.1) is 0 Å². The Morgan fingerprint density at radius 1 is 1.40 bits per heavy atom. The summed E-state index contributed by atoms with van der Waals surface area (Å²) < 4.78 is 15.9. The number of rotatable bonds is 3. The zero-order chi connectivity index (χ0) is 13.9. The normalized spacial score (nSPS) is 17.1. The molecule has 6 nitrogen and oxygen atoms in total. The quantitative estimate of drug-likeness (QED) is 0.796. The molecule has 0 fully saturated rings. The maximum absolute atomic E-state index is 11.5. The molecule has 104 valence electrons. The molecule has 0 spiro atoms. The fraction of sp³-hybridized carbons (Fsp3) is 0.357. The Labute approximate surface area is 115 Å². The number of fused-ring (bicyclic) bond motifs is 1. The standard InChI is InChI=1S/C14H14N2O4/c1-2-18-14(17)13-16-15-12(20-13)10-7-9-5-3-4-6-11(9)19-8-10/h3-6,10H,2,7-8H2,1H3. The number of esters is 1. The molecule has 0 amide bonds. The summed E-state index contributed by atoms with van der Waals surface area (Å²) in [5.41, 5.74) is 1.10. The predicted molar refractivity (Wildman–Crippen MR) is 68.6 cm³/mol. The Balaban J connectivity index is 1.77. The minimum absolute atomic E-state index is 0.0411. The number of carbonyl (C=O) groups excluding carboxylic acids is 1. The third kappa shape index (κ3) is 2.36. The Hall–Kier alpha value is -2.37. The van der Waals surface area contributed by atoms with Gasteiger partial charge in [-0.25, -0.2) is 4.79 Å². The summed E-state index contributed by atoms with van der Waals surface area (Å²) in [5.74, 6) is 0.543. The second kappa shape index (κ2) is 5.32. The van der Waals surface area contributed by atoms with Crippen LogP contribution in [0.15, 0.2) is 28.7 Å². The van der Waals surface area contributed by atoms with Crippen molar-refractivity contribution >= 4 is 5.97 Å². The lowest BCUT2D eigenvalue weighted by Crippen LogP contribution is -2.19. The molecule has 1 atom stereocenters. The van der Waals surface area contributed by atoms with Gasteiger partial charge < -0.3 is 13.9 Å². The van der Waals surface area contributed by atoms with E-state index < -0.39 is 5.97 Å². The molecule has 1 aromatic heterocycles. The Kier molecular flexibility index (Phi) is 3.37. The van der Waals surface area contributed by atoms with Crippen LogP contribution in [0.25, 0.3) is 0 Å². The predicted octanol–water partition coefficient (Wildman–Crippen LogP) is 1.97. The van der Waals surface area contributed by atoms with Gasteiger partial charge in [-0.2, -0.15) is 0 Å². The van der Waals surface area contributed by atoms with E-state index >= 15 is 0 Å². The number of ether oxygens (including phenoxy) is 2. The number of hydrogen-bond donors (Lipinski definition) is 0. The molecule has 6 heteroatoms. The lowest BCUT2D eigenvalue weighted by Gasteiger charge is -2.22. The zero-order valence-corrected chi connectivity index (χ0v) is 11.0. The summed E-state index contributed by atoms with van der Waals surface area (Å²) in [4.78, 5) is 11.5. The van der Waals surface area contributed by atoms with E-state index in [0.29, 0.717) is 12.5 Å². The summed E-state index contributed by atoms with van der Waals surface area (Å²) in [6, 6.07) is 7.83. The van der Waals surface area contributed by atoms with Gasteiger partial charge in [-0.15, -0.1) is 10.2 Å². The number of hydrogen-bond acceptors (Lipinski definition) is 6. The summed E-state index contributed by atoms with van der Waals surface area (Å²) in [5, 5.41) is 7.64. The first-order chi connectivity index (χ1) is 9.78. The van der Waals surface area contributed by atoms with E-state index in [9.17, 15) is 4.79 Å². The van der Waals surface area contributed by atoms with Gasteiger partial charge in [0, 0.05) is 0 Å². The highest BCUT2D eigenvalue weighted by molar-refractivity contribution is 5.83. The van der Waals surface area contributed by atoms with Gasteiger partial charge in [0.1, 0.15) is 12.4 Å². The molecule has 1 aliphatic heterocycles. The van der Waals surface area contributed by atoms with Gasteiger partial charge in [-0.3, -0.25) is 0 Å². The van der Waals surface area contributed by atoms with Gasteiger partial charge in [0.15, 0.2) is 0 Å². The molecule has 0 saturated heterocycles. The third-order valence-electron chi connectivity index (χ3n) is 3.12. The SMILES string of the molecule is CCOC(=O)c1nnc(C2COc3ccccc3C2)o1. The van der Waals surface area contributed by atoms with Crippen molar-refractivity contribution in [2.24, 2.45) is 0 Å². The lowest BCUT2D eigenvalue weighted by molar-refractivity contribution is 0.0477. The molecule has 0 N–H and O–H groups in total. The summed E-state index contributed by atoms with van der Waals surface area (Å²) in [6.45, 7) is 2.46. The summed E-state index contributed by atoms with van der Waals surface area (Å²) in [6.07, 6.45) is 0.751. The summed E-state index contributed by atoms with van der Waals surface area (Å²) >= 11 is 0. The first kappa shape index (κ1) is 12.7. The van der Waals surface area contributed by atoms with E-state index in [1.165, 1.54) is 0 Å². The molecule has 1 aromatic carbocycles. The van der Waals surface area contributed by atoms with Crippen LogP contribution in [0.5, 0.6) is 5.75 Å². The van der Waals surface area contributed by atoms with Crippen molar-refractivity contribution in [1.29, 1.82) is 0 Å². The molecule has 20 heavy (non-hydrogen) atoms. The molecule has 2 aromatic rings. The topological polar surface area (TPSA) is 74.5 Å². The highest BCUT2D eigenvalue weighted by Gasteiger charge is 2.27. The maximum Gasteiger partial charge on any atom is 0.396 e. The Bertz CT molecular complexity index is 623. The van der Waals surface area contributed by atoms with Crippen LogP contribution in [0.1, 0.15) is 35.0 Å². The highest BCUT2D eigenvalue weighted by Crippen LogP contribution is 2.31. The molecule has 1 aliphatic rings. The maximum atomic E-state index is 11.5. The van der Waals surface area contributed by atoms with Crippen molar-refractivity contribution < 1.29 is 18.7 Å². The Morgan fingerprint density at radius 3 is 3.10 bits per heavy atom. The van der Waals surface area contributed by atoms with Crippen LogP contribution in [-0.4, -0.2) is 29.4 Å². The van der Waals surface area contributed by atoms with Crippen molar-refractivity contribution in [2.75, 3.05) is 13.2 Å². The average molecular weight is 274 g/mol. The van der Waals surface area contributed by atoms with Gasteiger partial charge in [0.2, 0.25) is 5.89 Å². The third-order valence-corrected chi connectivity index (χ3v) is 3.12. The molecular formula is C14H14N2O4. The monoisotopic (exact) mass is 274 g/mol. The molecule has 0 saturated carbocycles. The molecule has 0 aliphatic carbocycles. The number of para-hydroxylation sites is 1. The van der Waals surface area contributed by atoms with Crippen LogP contribution >= 0.6 is 0 Å². The van der Waals surface area contributed by atoms with Crippen molar-refractivity contribution in [1.82, 2.24) is 10.2 Å². The van der Waals surface area contributed by atoms with E-state index in [4.69, 9.17) is 13.9 Å². The van der Waals surface area contributed by atoms with Gasteiger partial charge in [-0.1, -0.05) is 18.2 Å². The molecular weight excluding hydrogens is 260 g/mol. The second-order valence-corrected chi connectivity index (χ2v) is 4.49. The van der Waals surface area contributed by atoms with Crippen LogP contribution in [-0.2, 0) is 11.2 Å². The second-order valence-electron chi connectivity index (χ2n) is 4.49. The molecule has 0 radical (unpaired) electrons. The van der Waals surface area contributed by atoms with Crippen LogP contribution < -0.4 is 4.74 Å². The molecule has 3 rings (SSSR count). The molecule has 1 unspecified atom stereocenters. The first-order valence-electron chi connectivity index (χ1n) is 6.49. The largest absolute Gasteiger partial charge is 0.492 e. The van der Waals surface area contributed by atoms with Gasteiger partial charge in [0.25, 0.3) is 0 Å². The van der Waals surface area contributed by atoms with Gasteiger partial charge in [-0.05, 0) is 25.0 Å². The van der Waals surface area contributed by atoms with E-state index in [2.05, 4.69) is 10.2 Å². The number of benzene rings is 1.